The summed E-state index contributed by atoms with van der Waals surface area (Å²) in [6.45, 7) is 0. The highest BCUT2D eigenvalue weighted by atomic mass is 32.1. The normalized spacial score (nSPS) is 12.1. The van der Waals surface area contributed by atoms with Crippen LogP contribution in [0.1, 0.15) is 17.0 Å². The molecule has 6 rings (SSSR count). The summed E-state index contributed by atoms with van der Waals surface area (Å²) in [5, 5.41) is 20.1. The number of nitrogens with zero attached hydrogens (tertiary/aromatic N) is 6. The Morgan fingerprint density at radius 1 is 0.868 bits per heavy atom. The van der Waals surface area contributed by atoms with Gasteiger partial charge in [0, 0.05) is 29.5 Å². The SMILES string of the molecule is O=c1/c(=C/c2cn(-c3ccc([N+](=O)[O-])cc3)nc2-c2ccccc2)sc2nc(/C=C/c3ccccc3)nn12. The molecule has 0 spiro atoms. The zero-order chi connectivity index (χ0) is 26.1. The number of nitro groups is 1. The molecule has 10 heteroatoms. The minimum absolute atomic E-state index is 0.000570. The molecule has 3 aromatic carbocycles. The highest BCUT2D eigenvalue weighted by Gasteiger charge is 2.14. The van der Waals surface area contributed by atoms with E-state index in [0.717, 1.165) is 16.7 Å². The summed E-state index contributed by atoms with van der Waals surface area (Å²) >= 11 is 1.25. The Balaban J connectivity index is 1.41. The number of nitro benzene ring substituents is 1. The van der Waals surface area contributed by atoms with Crippen molar-refractivity contribution in [3.05, 3.63) is 133 Å². The van der Waals surface area contributed by atoms with Gasteiger partial charge in [-0.3, -0.25) is 14.9 Å². The van der Waals surface area contributed by atoms with E-state index >= 15 is 0 Å². The van der Waals surface area contributed by atoms with E-state index in [1.54, 1.807) is 35.2 Å². The van der Waals surface area contributed by atoms with Crippen LogP contribution in [-0.2, 0) is 0 Å². The molecule has 0 amide bonds. The van der Waals surface area contributed by atoms with Crippen molar-refractivity contribution in [2.75, 3.05) is 0 Å². The van der Waals surface area contributed by atoms with E-state index in [1.807, 2.05) is 66.7 Å². The van der Waals surface area contributed by atoms with Gasteiger partial charge in [-0.1, -0.05) is 78.1 Å². The lowest BCUT2D eigenvalue weighted by Crippen LogP contribution is -2.23. The van der Waals surface area contributed by atoms with Gasteiger partial charge in [-0.25, -0.2) is 4.68 Å². The third-order valence-corrected chi connectivity index (χ3v) is 6.78. The van der Waals surface area contributed by atoms with Crippen molar-refractivity contribution in [1.29, 1.82) is 0 Å². The largest absolute Gasteiger partial charge is 0.291 e. The quantitative estimate of drug-likeness (QED) is 0.235. The number of benzene rings is 3. The predicted molar refractivity (Wildman–Crippen MR) is 147 cm³/mol. The fraction of sp³-hybridized carbons (Fsp3) is 0. The van der Waals surface area contributed by atoms with E-state index in [4.69, 9.17) is 5.10 Å². The maximum Gasteiger partial charge on any atom is 0.291 e. The van der Waals surface area contributed by atoms with Crippen LogP contribution in [-0.4, -0.2) is 29.3 Å². The zero-order valence-electron chi connectivity index (χ0n) is 19.7. The van der Waals surface area contributed by atoms with Gasteiger partial charge in [0.15, 0.2) is 5.82 Å². The predicted octanol–water partition coefficient (Wildman–Crippen LogP) is 4.63. The lowest BCUT2D eigenvalue weighted by Gasteiger charge is -2.00. The number of thiazole rings is 1. The van der Waals surface area contributed by atoms with Gasteiger partial charge in [0.1, 0.15) is 0 Å². The smallest absolute Gasteiger partial charge is 0.266 e. The van der Waals surface area contributed by atoms with Crippen LogP contribution >= 0.6 is 11.3 Å². The van der Waals surface area contributed by atoms with Crippen LogP contribution in [0.25, 0.3) is 40.1 Å². The molecule has 0 aliphatic heterocycles. The summed E-state index contributed by atoms with van der Waals surface area (Å²) in [6, 6.07) is 25.5. The molecule has 0 saturated carbocycles. The molecule has 184 valence electrons. The maximum atomic E-state index is 13.2. The van der Waals surface area contributed by atoms with Crippen molar-refractivity contribution in [2.45, 2.75) is 0 Å². The van der Waals surface area contributed by atoms with Crippen molar-refractivity contribution in [3.8, 4) is 16.9 Å². The second-order valence-electron chi connectivity index (χ2n) is 8.34. The molecular formula is C28H18N6O3S. The Morgan fingerprint density at radius 3 is 2.26 bits per heavy atom. The van der Waals surface area contributed by atoms with Crippen LogP contribution in [0.5, 0.6) is 0 Å². The topological polar surface area (TPSA) is 108 Å². The van der Waals surface area contributed by atoms with Gasteiger partial charge >= 0.3 is 0 Å². The van der Waals surface area contributed by atoms with Crippen molar-refractivity contribution in [1.82, 2.24) is 24.4 Å². The van der Waals surface area contributed by atoms with Crippen molar-refractivity contribution in [2.24, 2.45) is 0 Å². The minimum atomic E-state index is -0.443. The summed E-state index contributed by atoms with van der Waals surface area (Å²) < 4.78 is 3.43. The minimum Gasteiger partial charge on any atom is -0.266 e. The van der Waals surface area contributed by atoms with E-state index in [0.29, 0.717) is 26.7 Å². The first-order valence-electron chi connectivity index (χ1n) is 11.6. The Morgan fingerprint density at radius 2 is 1.58 bits per heavy atom. The van der Waals surface area contributed by atoms with Gasteiger partial charge in [-0.2, -0.15) is 14.6 Å². The van der Waals surface area contributed by atoms with E-state index in [2.05, 4.69) is 10.1 Å². The third-order valence-electron chi connectivity index (χ3n) is 5.82. The third kappa shape index (κ3) is 4.51. The van der Waals surface area contributed by atoms with Crippen molar-refractivity contribution < 1.29 is 4.92 Å². The van der Waals surface area contributed by atoms with Gasteiger partial charge in [0.25, 0.3) is 11.2 Å². The molecule has 38 heavy (non-hydrogen) atoms. The fourth-order valence-electron chi connectivity index (χ4n) is 3.97. The standard InChI is InChI=1S/C28H18N6O3S/c35-27-24(38-28-29-25(30-33(27)28)16-11-19-7-3-1-4-8-19)17-21-18-32(22-12-14-23(15-13-22)34(36)37)31-26(21)20-9-5-2-6-10-20/h1-18H/b16-11+,24-17-. The van der Waals surface area contributed by atoms with Crippen LogP contribution < -0.4 is 10.1 Å². The number of fused-ring (bicyclic) bond motifs is 1. The molecule has 0 atom stereocenters. The van der Waals surface area contributed by atoms with Crippen LogP contribution in [0.3, 0.4) is 0 Å². The van der Waals surface area contributed by atoms with Crippen LogP contribution in [0.4, 0.5) is 5.69 Å². The fourth-order valence-corrected chi connectivity index (χ4v) is 4.87. The molecule has 0 aliphatic rings. The number of rotatable bonds is 6. The monoisotopic (exact) mass is 518 g/mol. The Kier molecular flexibility index (Phi) is 5.91. The van der Waals surface area contributed by atoms with Gasteiger partial charge in [0.2, 0.25) is 4.96 Å². The Labute approximate surface area is 219 Å². The zero-order valence-corrected chi connectivity index (χ0v) is 20.5. The van der Waals surface area contributed by atoms with Gasteiger partial charge < -0.3 is 0 Å². The summed E-state index contributed by atoms with van der Waals surface area (Å²) in [6.07, 6.45) is 7.25. The van der Waals surface area contributed by atoms with E-state index in [9.17, 15) is 14.9 Å². The number of hydrogen-bond donors (Lipinski definition) is 0. The number of hydrogen-bond acceptors (Lipinski definition) is 7. The first kappa shape index (κ1) is 23.2. The molecular weight excluding hydrogens is 500 g/mol. The first-order chi connectivity index (χ1) is 18.5. The molecule has 0 aliphatic carbocycles. The average Bonchev–Trinajstić information content (AvgIpc) is 3.63. The lowest BCUT2D eigenvalue weighted by atomic mass is 10.1. The average molecular weight is 519 g/mol. The Hall–Kier alpha value is -5.22. The molecule has 0 radical (unpaired) electrons. The van der Waals surface area contributed by atoms with Crippen LogP contribution in [0.15, 0.2) is 95.9 Å². The molecule has 6 aromatic rings. The van der Waals surface area contributed by atoms with Gasteiger partial charge in [0.05, 0.1) is 20.8 Å². The molecule has 3 heterocycles. The molecule has 9 nitrogen and oxygen atoms in total. The van der Waals surface area contributed by atoms with Gasteiger partial charge in [-0.15, -0.1) is 5.10 Å². The highest BCUT2D eigenvalue weighted by molar-refractivity contribution is 7.15. The molecule has 0 bridgehead atoms. The maximum absolute atomic E-state index is 13.2. The Bertz CT molecular complexity index is 1910. The molecule has 3 aromatic heterocycles. The van der Waals surface area contributed by atoms with E-state index < -0.39 is 4.92 Å². The van der Waals surface area contributed by atoms with Crippen molar-refractivity contribution >= 4 is 40.2 Å². The molecule has 0 unspecified atom stereocenters. The van der Waals surface area contributed by atoms with Crippen molar-refractivity contribution in [3.63, 3.8) is 0 Å². The molecule has 0 fully saturated rings. The summed E-state index contributed by atoms with van der Waals surface area (Å²) in [7, 11) is 0. The molecule has 0 saturated heterocycles. The lowest BCUT2D eigenvalue weighted by molar-refractivity contribution is -0.384. The summed E-state index contributed by atoms with van der Waals surface area (Å²) in [5.41, 5.74) is 3.68. The second-order valence-corrected chi connectivity index (χ2v) is 9.35. The van der Waals surface area contributed by atoms with Crippen LogP contribution in [0, 0.1) is 10.1 Å². The summed E-state index contributed by atoms with van der Waals surface area (Å²) in [5.74, 6) is 0.458. The number of aromatic nitrogens is 5. The van der Waals surface area contributed by atoms with Gasteiger partial charge in [-0.05, 0) is 29.8 Å². The van der Waals surface area contributed by atoms with E-state index in [1.165, 1.54) is 28.0 Å². The number of non-ortho nitro benzene ring substituents is 1. The first-order valence-corrected chi connectivity index (χ1v) is 12.4. The van der Waals surface area contributed by atoms with E-state index in [-0.39, 0.29) is 11.2 Å². The second kappa shape index (κ2) is 9.68. The van der Waals surface area contributed by atoms with Crippen LogP contribution in [0.2, 0.25) is 0 Å². The molecule has 0 N–H and O–H groups in total. The highest BCUT2D eigenvalue weighted by Crippen LogP contribution is 2.25. The summed E-state index contributed by atoms with van der Waals surface area (Å²) in [4.78, 5) is 28.8.